The Balaban J connectivity index is -0.000000249. The molecule has 0 radical (unpaired) electrons. The molecule has 0 saturated carbocycles. The third-order valence-corrected chi connectivity index (χ3v) is 1.34. The Labute approximate surface area is 135 Å². The van der Waals surface area contributed by atoms with Gasteiger partial charge in [-0.25, -0.2) is 9.59 Å². The summed E-state index contributed by atoms with van der Waals surface area (Å²) in [4.78, 5) is 20.7. The van der Waals surface area contributed by atoms with Crippen molar-refractivity contribution in [3.63, 3.8) is 0 Å². The smallest absolute Gasteiger partial charge is 0.333 e. The van der Waals surface area contributed by atoms with Crippen molar-refractivity contribution in [2.75, 3.05) is 19.8 Å². The van der Waals surface area contributed by atoms with Crippen LogP contribution in [0, 0.1) is 0 Å². The van der Waals surface area contributed by atoms with Gasteiger partial charge in [0.15, 0.2) is 0 Å². The maximum atomic E-state index is 10.4. The number of carbonyl (C=O) groups is 2. The SMILES string of the molecule is C=C(C)C(=O)OCC.C=C(Cl)Cl.C=CC(=O)OCCCO. The van der Waals surface area contributed by atoms with Crippen molar-refractivity contribution in [3.8, 4) is 0 Å². The van der Waals surface area contributed by atoms with E-state index in [-0.39, 0.29) is 23.7 Å². The Morgan fingerprint density at radius 1 is 1.24 bits per heavy atom. The van der Waals surface area contributed by atoms with Crippen LogP contribution in [0.4, 0.5) is 0 Å². The first-order valence-corrected chi connectivity index (χ1v) is 6.71. The van der Waals surface area contributed by atoms with Crippen molar-refractivity contribution in [2.45, 2.75) is 20.3 Å². The summed E-state index contributed by atoms with van der Waals surface area (Å²) in [6.07, 6.45) is 1.58. The van der Waals surface area contributed by atoms with Crippen molar-refractivity contribution < 1.29 is 24.2 Å². The van der Waals surface area contributed by atoms with E-state index in [1.165, 1.54) is 0 Å². The highest BCUT2D eigenvalue weighted by molar-refractivity contribution is 6.55. The maximum absolute atomic E-state index is 10.4. The number of rotatable bonds is 6. The molecular formula is C14H22Cl2O5. The molecule has 0 aliphatic carbocycles. The van der Waals surface area contributed by atoms with E-state index in [2.05, 4.69) is 29.2 Å². The van der Waals surface area contributed by atoms with E-state index in [0.29, 0.717) is 18.6 Å². The molecule has 0 amide bonds. The molecule has 0 spiro atoms. The predicted octanol–water partition coefficient (Wildman–Crippen LogP) is 3.16. The molecule has 0 unspecified atom stereocenters. The lowest BCUT2D eigenvalue weighted by Crippen LogP contribution is -2.03. The molecule has 0 aromatic rings. The molecule has 21 heavy (non-hydrogen) atoms. The van der Waals surface area contributed by atoms with E-state index in [0.717, 1.165) is 6.08 Å². The van der Waals surface area contributed by atoms with Crippen LogP contribution in [-0.2, 0) is 19.1 Å². The fourth-order valence-corrected chi connectivity index (χ4v) is 0.551. The van der Waals surface area contributed by atoms with Gasteiger partial charge in [-0.3, -0.25) is 0 Å². The standard InChI is InChI=1S/C6H10O3.C6H10O2.C2H2Cl2/c1-2-6(8)9-5-3-4-7;1-4-8-6(7)5(2)3;1-2(3)4/h2,7H,1,3-5H2;2,4H2,1,3H3;1H2. The average molecular weight is 341 g/mol. The number of aliphatic hydroxyl groups is 1. The lowest BCUT2D eigenvalue weighted by Gasteiger charge is -1.96. The fourth-order valence-electron chi connectivity index (χ4n) is 0.551. The molecule has 0 heterocycles. The summed E-state index contributed by atoms with van der Waals surface area (Å²) in [7, 11) is 0. The largest absolute Gasteiger partial charge is 0.463 e. The summed E-state index contributed by atoms with van der Waals surface area (Å²) in [5.41, 5.74) is 0.451. The van der Waals surface area contributed by atoms with Crippen LogP contribution in [0.3, 0.4) is 0 Å². The Kier molecular flexibility index (Phi) is 22.0. The third-order valence-electron chi connectivity index (χ3n) is 1.34. The Morgan fingerprint density at radius 3 is 1.95 bits per heavy atom. The lowest BCUT2D eigenvalue weighted by molar-refractivity contribution is -0.139. The molecule has 7 heteroatoms. The monoisotopic (exact) mass is 340 g/mol. The summed E-state index contributed by atoms with van der Waals surface area (Å²) < 4.78 is 9.19. The molecule has 0 saturated heterocycles. The van der Waals surface area contributed by atoms with E-state index >= 15 is 0 Å². The minimum absolute atomic E-state index is 0.0461. The second kappa shape index (κ2) is 18.7. The average Bonchev–Trinajstić information content (AvgIpc) is 2.39. The highest BCUT2D eigenvalue weighted by Crippen LogP contribution is 1.98. The summed E-state index contributed by atoms with van der Waals surface area (Å²) >= 11 is 9.69. The molecule has 122 valence electrons. The normalized spacial score (nSPS) is 8.05. The first-order valence-electron chi connectivity index (χ1n) is 5.95. The molecular weight excluding hydrogens is 319 g/mol. The van der Waals surface area contributed by atoms with Crippen LogP contribution in [0.15, 0.2) is 35.9 Å². The van der Waals surface area contributed by atoms with Gasteiger partial charge in [-0.1, -0.05) is 42.9 Å². The highest BCUT2D eigenvalue weighted by atomic mass is 35.5. The first-order chi connectivity index (χ1) is 9.72. The Bertz CT molecular complexity index is 336. The van der Waals surface area contributed by atoms with Crippen molar-refractivity contribution in [3.05, 3.63) is 35.9 Å². The number of esters is 2. The summed E-state index contributed by atoms with van der Waals surface area (Å²) in [6, 6.07) is 0. The molecule has 0 bridgehead atoms. The van der Waals surface area contributed by atoms with Crippen molar-refractivity contribution >= 4 is 35.1 Å². The molecule has 0 aromatic carbocycles. The van der Waals surface area contributed by atoms with Crippen molar-refractivity contribution in [1.82, 2.24) is 0 Å². The molecule has 5 nitrogen and oxygen atoms in total. The molecule has 0 fully saturated rings. The van der Waals surface area contributed by atoms with Gasteiger partial charge in [0.2, 0.25) is 0 Å². The van der Waals surface area contributed by atoms with Gasteiger partial charge in [0.25, 0.3) is 0 Å². The molecule has 0 atom stereocenters. The Morgan fingerprint density at radius 2 is 1.71 bits per heavy atom. The molecule has 1 N–H and O–H groups in total. The van der Waals surface area contributed by atoms with Crippen LogP contribution < -0.4 is 0 Å². The number of hydrogen-bond donors (Lipinski definition) is 1. The van der Waals surface area contributed by atoms with Crippen molar-refractivity contribution in [2.24, 2.45) is 0 Å². The van der Waals surface area contributed by atoms with E-state index in [1.54, 1.807) is 13.8 Å². The number of carbonyl (C=O) groups excluding carboxylic acids is 2. The highest BCUT2D eigenvalue weighted by Gasteiger charge is 1.98. The minimum Gasteiger partial charge on any atom is -0.463 e. The second-order valence-corrected chi connectivity index (χ2v) is 4.39. The van der Waals surface area contributed by atoms with Gasteiger partial charge in [-0.15, -0.1) is 0 Å². The van der Waals surface area contributed by atoms with Crippen LogP contribution in [0.25, 0.3) is 0 Å². The van der Waals surface area contributed by atoms with Gasteiger partial charge < -0.3 is 14.6 Å². The zero-order chi connectivity index (χ0) is 17.3. The zero-order valence-corrected chi connectivity index (χ0v) is 13.9. The molecule has 0 aliphatic heterocycles. The number of aliphatic hydroxyl groups excluding tert-OH is 1. The molecule has 0 aromatic heterocycles. The number of halogens is 2. The van der Waals surface area contributed by atoms with Crippen LogP contribution in [0.1, 0.15) is 20.3 Å². The van der Waals surface area contributed by atoms with Crippen LogP contribution >= 0.6 is 23.2 Å². The van der Waals surface area contributed by atoms with Gasteiger partial charge in [0.1, 0.15) is 0 Å². The minimum atomic E-state index is -0.441. The quantitative estimate of drug-likeness (QED) is 0.456. The summed E-state index contributed by atoms with van der Waals surface area (Å²) in [6.45, 7) is 13.8. The van der Waals surface area contributed by atoms with E-state index in [1.807, 2.05) is 0 Å². The van der Waals surface area contributed by atoms with E-state index < -0.39 is 5.97 Å². The Hall–Kier alpha value is -1.30. The topological polar surface area (TPSA) is 72.8 Å². The summed E-state index contributed by atoms with van der Waals surface area (Å²) in [5.74, 6) is -0.754. The van der Waals surface area contributed by atoms with Gasteiger partial charge in [0, 0.05) is 24.7 Å². The van der Waals surface area contributed by atoms with Gasteiger partial charge in [-0.05, 0) is 13.8 Å². The van der Waals surface area contributed by atoms with Gasteiger partial charge >= 0.3 is 11.9 Å². The number of hydrogen-bond acceptors (Lipinski definition) is 5. The van der Waals surface area contributed by atoms with E-state index in [4.69, 9.17) is 28.3 Å². The van der Waals surface area contributed by atoms with E-state index in [9.17, 15) is 9.59 Å². The predicted molar refractivity (Wildman–Crippen MR) is 85.2 cm³/mol. The van der Waals surface area contributed by atoms with Crippen LogP contribution in [0.2, 0.25) is 0 Å². The number of ether oxygens (including phenoxy) is 2. The molecule has 0 aliphatic rings. The molecule has 0 rings (SSSR count). The maximum Gasteiger partial charge on any atom is 0.333 e. The lowest BCUT2D eigenvalue weighted by atomic mass is 10.4. The van der Waals surface area contributed by atoms with Gasteiger partial charge in [0.05, 0.1) is 17.7 Å². The van der Waals surface area contributed by atoms with Gasteiger partial charge in [-0.2, -0.15) is 0 Å². The second-order valence-electron chi connectivity index (χ2n) is 3.29. The first kappa shape index (κ1) is 24.7. The fraction of sp³-hybridized carbons (Fsp3) is 0.429. The zero-order valence-electron chi connectivity index (χ0n) is 12.4. The van der Waals surface area contributed by atoms with Crippen LogP contribution in [-0.4, -0.2) is 36.9 Å². The van der Waals surface area contributed by atoms with Crippen LogP contribution in [0.5, 0.6) is 0 Å². The third kappa shape index (κ3) is 32.3. The van der Waals surface area contributed by atoms with Crippen molar-refractivity contribution in [1.29, 1.82) is 0 Å². The summed E-state index contributed by atoms with van der Waals surface area (Å²) in [5, 5.41) is 8.23.